The maximum Gasteiger partial charge on any atom is 0.306 e. The SMILES string of the molecule is CCCCCCCCCC/C=C\CCCCCCCCCCCCCCCCCCCCCCCC(=O)OCC(COC(=O)CCCCCCCCCC)OC(=O)CCCCCCCCCCCCCCCCCCCCCC. The Morgan fingerprint density at radius 1 is 0.241 bits per heavy atom. The van der Waals surface area contributed by atoms with Gasteiger partial charge in [-0.05, 0) is 44.9 Å². The number of rotatable bonds is 68. The summed E-state index contributed by atoms with van der Waals surface area (Å²) in [5.74, 6) is -0.833. The van der Waals surface area contributed by atoms with Gasteiger partial charge in [-0.1, -0.05) is 367 Å². The summed E-state index contributed by atoms with van der Waals surface area (Å²) in [5.41, 5.74) is 0. The van der Waals surface area contributed by atoms with E-state index in [0.29, 0.717) is 19.3 Å². The van der Waals surface area contributed by atoms with E-state index in [2.05, 4.69) is 32.9 Å². The van der Waals surface area contributed by atoms with Crippen molar-refractivity contribution in [3.8, 4) is 0 Å². The molecule has 6 nitrogen and oxygen atoms in total. The number of carbonyl (C=O) groups is 3. The van der Waals surface area contributed by atoms with Crippen molar-refractivity contribution in [3.63, 3.8) is 0 Å². The fraction of sp³-hybridized carbons (Fsp3) is 0.932. The molecule has 6 heteroatoms. The van der Waals surface area contributed by atoms with Gasteiger partial charge in [-0.15, -0.1) is 0 Å². The van der Waals surface area contributed by atoms with Crippen LogP contribution in [0.4, 0.5) is 0 Å². The number of hydrogen-bond donors (Lipinski definition) is 0. The molecule has 79 heavy (non-hydrogen) atoms. The van der Waals surface area contributed by atoms with Crippen LogP contribution in [-0.4, -0.2) is 37.2 Å². The lowest BCUT2D eigenvalue weighted by atomic mass is 10.0. The van der Waals surface area contributed by atoms with Crippen molar-refractivity contribution in [2.24, 2.45) is 0 Å². The molecule has 0 aromatic rings. The fourth-order valence-electron chi connectivity index (χ4n) is 11.3. The highest BCUT2D eigenvalue weighted by Crippen LogP contribution is 2.19. The minimum atomic E-state index is -0.763. The van der Waals surface area contributed by atoms with Gasteiger partial charge < -0.3 is 14.2 Å². The molecule has 0 rings (SSSR count). The van der Waals surface area contributed by atoms with Crippen LogP contribution in [0.3, 0.4) is 0 Å². The van der Waals surface area contributed by atoms with E-state index in [1.54, 1.807) is 0 Å². The van der Waals surface area contributed by atoms with Crippen molar-refractivity contribution in [3.05, 3.63) is 12.2 Å². The zero-order valence-corrected chi connectivity index (χ0v) is 53.9. The molecule has 0 bridgehead atoms. The van der Waals surface area contributed by atoms with Gasteiger partial charge in [0.05, 0.1) is 0 Å². The van der Waals surface area contributed by atoms with Gasteiger partial charge in [0.2, 0.25) is 0 Å². The maximum absolute atomic E-state index is 12.9. The van der Waals surface area contributed by atoms with Gasteiger partial charge >= 0.3 is 17.9 Å². The molecule has 1 unspecified atom stereocenters. The molecule has 0 saturated heterocycles. The van der Waals surface area contributed by atoms with Gasteiger partial charge in [0.1, 0.15) is 13.2 Å². The van der Waals surface area contributed by atoms with Crippen LogP contribution in [0.5, 0.6) is 0 Å². The molecule has 0 aromatic carbocycles. The Balaban J connectivity index is 3.97. The van der Waals surface area contributed by atoms with Gasteiger partial charge in [0.25, 0.3) is 0 Å². The first-order valence-corrected chi connectivity index (χ1v) is 36.2. The second-order valence-electron chi connectivity index (χ2n) is 24.9. The number of carbonyl (C=O) groups excluding carboxylic acids is 3. The molecule has 0 aliphatic carbocycles. The minimum absolute atomic E-state index is 0.0623. The van der Waals surface area contributed by atoms with Crippen molar-refractivity contribution in [1.82, 2.24) is 0 Å². The van der Waals surface area contributed by atoms with Crippen molar-refractivity contribution in [2.45, 2.75) is 425 Å². The summed E-state index contributed by atoms with van der Waals surface area (Å²) in [6, 6.07) is 0. The minimum Gasteiger partial charge on any atom is -0.462 e. The van der Waals surface area contributed by atoms with Crippen LogP contribution < -0.4 is 0 Å². The fourth-order valence-corrected chi connectivity index (χ4v) is 11.3. The molecule has 468 valence electrons. The second kappa shape index (κ2) is 68.6. The van der Waals surface area contributed by atoms with E-state index < -0.39 is 6.10 Å². The van der Waals surface area contributed by atoms with Crippen LogP contribution in [0, 0.1) is 0 Å². The van der Waals surface area contributed by atoms with Gasteiger partial charge in [-0.3, -0.25) is 14.4 Å². The van der Waals surface area contributed by atoms with E-state index in [1.807, 2.05) is 0 Å². The summed E-state index contributed by atoms with van der Waals surface area (Å²) in [6.45, 7) is 6.70. The van der Waals surface area contributed by atoms with Gasteiger partial charge in [-0.25, -0.2) is 0 Å². The average molecular weight is 1110 g/mol. The number of unbranched alkanes of at least 4 members (excludes halogenated alkanes) is 55. The Morgan fingerprint density at radius 3 is 0.633 bits per heavy atom. The van der Waals surface area contributed by atoms with Crippen LogP contribution >= 0.6 is 0 Å². The molecular weight excluding hydrogens is 973 g/mol. The summed E-state index contributed by atoms with van der Waals surface area (Å²) in [4.78, 5) is 38.2. The van der Waals surface area contributed by atoms with Gasteiger partial charge in [0, 0.05) is 19.3 Å². The van der Waals surface area contributed by atoms with Crippen molar-refractivity contribution in [1.29, 1.82) is 0 Å². The molecule has 0 spiro atoms. The van der Waals surface area contributed by atoms with Crippen LogP contribution in [-0.2, 0) is 28.6 Å². The van der Waals surface area contributed by atoms with E-state index in [0.717, 1.165) is 57.8 Å². The van der Waals surface area contributed by atoms with Crippen LogP contribution in [0.25, 0.3) is 0 Å². The maximum atomic E-state index is 12.9. The largest absolute Gasteiger partial charge is 0.462 e. The summed E-state index contributed by atoms with van der Waals surface area (Å²) < 4.78 is 16.9. The van der Waals surface area contributed by atoms with Crippen LogP contribution in [0.1, 0.15) is 419 Å². The predicted molar refractivity (Wildman–Crippen MR) is 344 cm³/mol. The third kappa shape index (κ3) is 66.8. The molecule has 0 fully saturated rings. The lowest BCUT2D eigenvalue weighted by Crippen LogP contribution is -2.30. The van der Waals surface area contributed by atoms with E-state index in [9.17, 15) is 14.4 Å². The summed E-state index contributed by atoms with van der Waals surface area (Å²) >= 11 is 0. The zero-order chi connectivity index (χ0) is 57.1. The standard InChI is InChI=1S/C73H140O6/c1-4-7-10-13-16-19-21-23-25-27-29-31-32-33-34-35-36-37-38-39-40-41-42-43-45-46-48-50-52-54-57-60-63-66-72(75)78-69-70(68-77-71(74)65-62-59-56-18-15-12-9-6-3)79-73(76)67-64-61-58-55-53-51-49-47-44-30-28-26-24-22-20-17-14-11-8-5-2/h27,29,70H,4-26,28,30-69H2,1-3H3/b29-27-. The van der Waals surface area contributed by atoms with Crippen LogP contribution in [0.2, 0.25) is 0 Å². The molecule has 1 atom stereocenters. The molecule has 0 saturated carbocycles. The Labute approximate surface area is 494 Å². The second-order valence-corrected chi connectivity index (χ2v) is 24.9. The topological polar surface area (TPSA) is 78.9 Å². The summed E-state index contributed by atoms with van der Waals surface area (Å²) in [5, 5.41) is 0. The molecule has 0 radical (unpaired) electrons. The first kappa shape index (κ1) is 77.2. The molecule has 0 aromatic heterocycles. The highest BCUT2D eigenvalue weighted by atomic mass is 16.6. The van der Waals surface area contributed by atoms with E-state index in [1.165, 1.54) is 321 Å². The van der Waals surface area contributed by atoms with E-state index in [4.69, 9.17) is 14.2 Å². The Kier molecular flexibility index (Phi) is 67.0. The first-order chi connectivity index (χ1) is 39.0. The Morgan fingerprint density at radius 2 is 0.418 bits per heavy atom. The van der Waals surface area contributed by atoms with E-state index in [-0.39, 0.29) is 31.1 Å². The number of allylic oxidation sites excluding steroid dienone is 2. The molecule has 0 aliphatic rings. The summed E-state index contributed by atoms with van der Waals surface area (Å²) in [6.07, 6.45) is 82.8. The number of esters is 3. The predicted octanol–water partition coefficient (Wildman–Crippen LogP) is 24.8. The third-order valence-corrected chi connectivity index (χ3v) is 16.8. The lowest BCUT2D eigenvalue weighted by molar-refractivity contribution is -0.167. The normalized spacial score (nSPS) is 12.0. The van der Waals surface area contributed by atoms with Crippen molar-refractivity contribution >= 4 is 17.9 Å². The smallest absolute Gasteiger partial charge is 0.306 e. The molecule has 0 amide bonds. The van der Waals surface area contributed by atoms with Crippen LogP contribution in [0.15, 0.2) is 12.2 Å². The summed E-state index contributed by atoms with van der Waals surface area (Å²) in [7, 11) is 0. The molecule has 0 heterocycles. The first-order valence-electron chi connectivity index (χ1n) is 36.2. The van der Waals surface area contributed by atoms with Crippen molar-refractivity contribution in [2.75, 3.05) is 13.2 Å². The highest BCUT2D eigenvalue weighted by molar-refractivity contribution is 5.71. The highest BCUT2D eigenvalue weighted by Gasteiger charge is 2.19. The number of hydrogen-bond acceptors (Lipinski definition) is 6. The van der Waals surface area contributed by atoms with Crippen molar-refractivity contribution < 1.29 is 28.6 Å². The Hall–Kier alpha value is -1.85. The quantitative estimate of drug-likeness (QED) is 0.0261. The molecule has 0 N–H and O–H groups in total. The Bertz CT molecular complexity index is 1230. The number of ether oxygens (including phenoxy) is 3. The lowest BCUT2D eigenvalue weighted by Gasteiger charge is -2.18. The van der Waals surface area contributed by atoms with Gasteiger partial charge in [-0.2, -0.15) is 0 Å². The van der Waals surface area contributed by atoms with Gasteiger partial charge in [0.15, 0.2) is 6.10 Å². The monoisotopic (exact) mass is 1110 g/mol. The zero-order valence-electron chi connectivity index (χ0n) is 53.9. The van der Waals surface area contributed by atoms with E-state index >= 15 is 0 Å². The third-order valence-electron chi connectivity index (χ3n) is 16.8. The molecule has 0 aliphatic heterocycles. The average Bonchev–Trinajstić information content (AvgIpc) is 3.45. The molecular formula is C73H140O6.